The summed E-state index contributed by atoms with van der Waals surface area (Å²) in [5.41, 5.74) is 0. The molecule has 3 atom stereocenters. The highest BCUT2D eigenvalue weighted by molar-refractivity contribution is 4.89. The number of aliphatic hydroxyl groups is 1. The van der Waals surface area contributed by atoms with Crippen molar-refractivity contribution in [3.8, 4) is 0 Å². The lowest BCUT2D eigenvalue weighted by Gasteiger charge is -2.26. The number of aliphatic hydroxyl groups excluding tert-OH is 1. The Labute approximate surface area is 74.6 Å². The van der Waals surface area contributed by atoms with Crippen LogP contribution in [0.15, 0.2) is 0 Å². The van der Waals surface area contributed by atoms with Crippen molar-refractivity contribution in [2.24, 2.45) is 11.8 Å². The lowest BCUT2D eigenvalue weighted by Crippen LogP contribution is -2.32. The summed E-state index contributed by atoms with van der Waals surface area (Å²) < 4.78 is 0. The molecular formula is C10H19NO. The normalized spacial score (nSPS) is 43.0. The number of nitrogens with zero attached hydrogens (tertiary/aromatic N) is 1. The van der Waals surface area contributed by atoms with Crippen molar-refractivity contribution < 1.29 is 5.11 Å². The molecule has 0 bridgehead atoms. The van der Waals surface area contributed by atoms with Crippen molar-refractivity contribution in [1.29, 1.82) is 0 Å². The predicted octanol–water partition coefficient (Wildman–Crippen LogP) is 1.45. The lowest BCUT2D eigenvalue weighted by atomic mass is 9.81. The van der Waals surface area contributed by atoms with Crippen molar-refractivity contribution in [2.45, 2.75) is 38.8 Å². The summed E-state index contributed by atoms with van der Waals surface area (Å²) in [6.45, 7) is 4.29. The molecule has 1 aliphatic carbocycles. The summed E-state index contributed by atoms with van der Waals surface area (Å²) >= 11 is 0. The zero-order valence-corrected chi connectivity index (χ0v) is 7.87. The summed E-state index contributed by atoms with van der Waals surface area (Å²) in [4.78, 5) is 2.22. The van der Waals surface area contributed by atoms with Gasteiger partial charge in [-0.15, -0.1) is 0 Å². The highest BCUT2D eigenvalue weighted by Crippen LogP contribution is 2.38. The van der Waals surface area contributed by atoms with E-state index in [2.05, 4.69) is 11.8 Å². The standard InChI is InChI=1S/C10H19NO/c1-2-11-7-8-5-3-4-6-9(8)10(11)12/h8-10,12H,2-7H2,1H3. The van der Waals surface area contributed by atoms with Gasteiger partial charge in [-0.05, 0) is 25.3 Å². The Balaban J connectivity index is 2.03. The molecule has 3 unspecified atom stereocenters. The van der Waals surface area contributed by atoms with E-state index >= 15 is 0 Å². The molecular weight excluding hydrogens is 150 g/mol. The van der Waals surface area contributed by atoms with E-state index in [1.807, 2.05) is 0 Å². The van der Waals surface area contributed by atoms with Crippen LogP contribution in [0.2, 0.25) is 0 Å². The number of rotatable bonds is 1. The quantitative estimate of drug-likeness (QED) is 0.642. The Bertz CT molecular complexity index is 158. The van der Waals surface area contributed by atoms with Gasteiger partial charge in [-0.1, -0.05) is 19.8 Å². The summed E-state index contributed by atoms with van der Waals surface area (Å²) in [5.74, 6) is 1.40. The summed E-state index contributed by atoms with van der Waals surface area (Å²) in [7, 11) is 0. The molecule has 2 aliphatic rings. The van der Waals surface area contributed by atoms with Gasteiger partial charge in [0.1, 0.15) is 6.23 Å². The predicted molar refractivity (Wildman–Crippen MR) is 48.7 cm³/mol. The topological polar surface area (TPSA) is 23.5 Å². The number of hydrogen-bond acceptors (Lipinski definition) is 2. The first kappa shape index (κ1) is 8.52. The molecule has 1 N–H and O–H groups in total. The molecule has 1 saturated heterocycles. The van der Waals surface area contributed by atoms with E-state index in [0.717, 1.165) is 19.0 Å². The molecule has 0 aromatic carbocycles. The second kappa shape index (κ2) is 3.35. The average Bonchev–Trinajstić information content (AvgIpc) is 2.44. The zero-order valence-electron chi connectivity index (χ0n) is 7.87. The molecule has 1 heterocycles. The summed E-state index contributed by atoms with van der Waals surface area (Å²) in [5, 5.41) is 9.91. The minimum atomic E-state index is -0.125. The monoisotopic (exact) mass is 169 g/mol. The van der Waals surface area contributed by atoms with Crippen molar-refractivity contribution in [2.75, 3.05) is 13.1 Å². The van der Waals surface area contributed by atoms with Gasteiger partial charge in [-0.3, -0.25) is 4.90 Å². The van der Waals surface area contributed by atoms with Gasteiger partial charge < -0.3 is 5.11 Å². The van der Waals surface area contributed by atoms with Gasteiger partial charge in [0.15, 0.2) is 0 Å². The van der Waals surface area contributed by atoms with Crippen LogP contribution in [0.4, 0.5) is 0 Å². The molecule has 2 fully saturated rings. The van der Waals surface area contributed by atoms with Crippen molar-refractivity contribution in [1.82, 2.24) is 4.90 Å². The minimum absolute atomic E-state index is 0.125. The van der Waals surface area contributed by atoms with Crippen LogP contribution in [-0.2, 0) is 0 Å². The molecule has 0 radical (unpaired) electrons. The number of hydrogen-bond donors (Lipinski definition) is 1. The van der Waals surface area contributed by atoms with Crippen molar-refractivity contribution >= 4 is 0 Å². The Morgan fingerprint density at radius 1 is 1.33 bits per heavy atom. The molecule has 70 valence electrons. The van der Waals surface area contributed by atoms with E-state index < -0.39 is 0 Å². The van der Waals surface area contributed by atoms with E-state index in [1.165, 1.54) is 25.7 Å². The highest BCUT2D eigenvalue weighted by atomic mass is 16.3. The third-order valence-electron chi connectivity index (χ3n) is 3.60. The van der Waals surface area contributed by atoms with Crippen LogP contribution in [0.25, 0.3) is 0 Å². The lowest BCUT2D eigenvalue weighted by molar-refractivity contribution is 0.00240. The van der Waals surface area contributed by atoms with Crippen LogP contribution >= 0.6 is 0 Å². The second-order valence-corrected chi connectivity index (χ2v) is 4.21. The number of fused-ring (bicyclic) bond motifs is 1. The third-order valence-corrected chi connectivity index (χ3v) is 3.60. The second-order valence-electron chi connectivity index (χ2n) is 4.21. The molecule has 0 aromatic rings. The van der Waals surface area contributed by atoms with Gasteiger partial charge in [0.05, 0.1) is 0 Å². The van der Waals surface area contributed by atoms with Gasteiger partial charge in [0.25, 0.3) is 0 Å². The molecule has 2 nitrogen and oxygen atoms in total. The van der Waals surface area contributed by atoms with E-state index in [0.29, 0.717) is 5.92 Å². The Hall–Kier alpha value is -0.0800. The van der Waals surface area contributed by atoms with Crippen LogP contribution in [0, 0.1) is 11.8 Å². The molecule has 0 aromatic heterocycles. The Kier molecular flexibility index (Phi) is 2.37. The molecule has 2 rings (SSSR count). The van der Waals surface area contributed by atoms with Crippen LogP contribution in [0.5, 0.6) is 0 Å². The van der Waals surface area contributed by atoms with Crippen LogP contribution < -0.4 is 0 Å². The van der Waals surface area contributed by atoms with Crippen molar-refractivity contribution in [3.05, 3.63) is 0 Å². The molecule has 12 heavy (non-hydrogen) atoms. The number of likely N-dealkylation sites (tertiary alicyclic amines) is 1. The van der Waals surface area contributed by atoms with E-state index in [9.17, 15) is 5.11 Å². The van der Waals surface area contributed by atoms with Gasteiger partial charge in [0, 0.05) is 12.5 Å². The first-order valence-electron chi connectivity index (χ1n) is 5.25. The minimum Gasteiger partial charge on any atom is -0.378 e. The summed E-state index contributed by atoms with van der Waals surface area (Å²) in [6.07, 6.45) is 5.18. The van der Waals surface area contributed by atoms with Crippen LogP contribution in [0.1, 0.15) is 32.6 Å². The average molecular weight is 169 g/mol. The fourth-order valence-electron chi connectivity index (χ4n) is 2.85. The maximum Gasteiger partial charge on any atom is 0.110 e. The highest BCUT2D eigenvalue weighted by Gasteiger charge is 2.40. The molecule has 0 amide bonds. The first-order chi connectivity index (χ1) is 5.83. The van der Waals surface area contributed by atoms with Gasteiger partial charge in [-0.2, -0.15) is 0 Å². The SMILES string of the molecule is CCN1CC2CCCCC2C1O. The first-order valence-corrected chi connectivity index (χ1v) is 5.25. The van der Waals surface area contributed by atoms with Gasteiger partial charge in [0.2, 0.25) is 0 Å². The maximum atomic E-state index is 9.91. The maximum absolute atomic E-state index is 9.91. The summed E-state index contributed by atoms with van der Waals surface area (Å²) in [6, 6.07) is 0. The van der Waals surface area contributed by atoms with E-state index in [-0.39, 0.29) is 6.23 Å². The zero-order chi connectivity index (χ0) is 8.55. The van der Waals surface area contributed by atoms with E-state index in [1.54, 1.807) is 0 Å². The van der Waals surface area contributed by atoms with E-state index in [4.69, 9.17) is 0 Å². The Morgan fingerprint density at radius 3 is 2.75 bits per heavy atom. The Morgan fingerprint density at radius 2 is 2.08 bits per heavy atom. The van der Waals surface area contributed by atoms with Crippen molar-refractivity contribution in [3.63, 3.8) is 0 Å². The van der Waals surface area contributed by atoms with Gasteiger partial charge in [-0.25, -0.2) is 0 Å². The molecule has 1 aliphatic heterocycles. The third kappa shape index (κ3) is 1.27. The van der Waals surface area contributed by atoms with Crippen LogP contribution in [0.3, 0.4) is 0 Å². The smallest absolute Gasteiger partial charge is 0.110 e. The fourth-order valence-corrected chi connectivity index (χ4v) is 2.85. The molecule has 1 saturated carbocycles. The fraction of sp³-hybridized carbons (Fsp3) is 1.00. The molecule has 2 heteroatoms. The molecule has 0 spiro atoms. The largest absolute Gasteiger partial charge is 0.378 e. The van der Waals surface area contributed by atoms with Gasteiger partial charge >= 0.3 is 0 Å². The van der Waals surface area contributed by atoms with Crippen LogP contribution in [-0.4, -0.2) is 29.3 Å².